The smallest absolute Gasteiger partial charge is 0.247 e. The first-order valence-corrected chi connectivity index (χ1v) is 8.74. The van der Waals surface area contributed by atoms with E-state index >= 15 is 0 Å². The highest BCUT2D eigenvalue weighted by Gasteiger charge is 2.35. The number of anilines is 1. The van der Waals surface area contributed by atoms with E-state index < -0.39 is 6.04 Å². The third-order valence-corrected chi connectivity index (χ3v) is 5.12. The summed E-state index contributed by atoms with van der Waals surface area (Å²) in [6.07, 6.45) is 0.979. The summed E-state index contributed by atoms with van der Waals surface area (Å²) in [5.74, 6) is -0.100. The summed E-state index contributed by atoms with van der Waals surface area (Å²) in [5.41, 5.74) is 2.87. The van der Waals surface area contributed by atoms with Crippen LogP contribution in [0.5, 0.6) is 0 Å². The summed E-state index contributed by atoms with van der Waals surface area (Å²) in [6, 6.07) is 15.0. The molecule has 1 aliphatic rings. The SMILES string of the molecule is Cc1ccc(NC(=O)C2CCC(=O)N2Cc2ccccc2)cc1Br. The number of amides is 2. The monoisotopic (exact) mass is 386 g/mol. The van der Waals surface area contributed by atoms with Gasteiger partial charge in [-0.25, -0.2) is 0 Å². The molecular formula is C19H19BrN2O2. The summed E-state index contributed by atoms with van der Waals surface area (Å²) in [4.78, 5) is 26.5. The minimum Gasteiger partial charge on any atom is -0.326 e. The molecule has 2 amide bonds. The maximum absolute atomic E-state index is 12.6. The molecule has 1 N–H and O–H groups in total. The van der Waals surface area contributed by atoms with Crippen LogP contribution < -0.4 is 5.32 Å². The Morgan fingerprint density at radius 3 is 2.71 bits per heavy atom. The Morgan fingerprint density at radius 2 is 2.00 bits per heavy atom. The number of hydrogen-bond donors (Lipinski definition) is 1. The van der Waals surface area contributed by atoms with Gasteiger partial charge in [-0.3, -0.25) is 9.59 Å². The van der Waals surface area contributed by atoms with Crippen LogP contribution in [0.15, 0.2) is 53.0 Å². The second-order valence-electron chi connectivity index (χ2n) is 6.01. The van der Waals surface area contributed by atoms with E-state index in [1.807, 2.05) is 55.5 Å². The van der Waals surface area contributed by atoms with Gasteiger partial charge in [-0.1, -0.05) is 52.3 Å². The zero-order valence-corrected chi connectivity index (χ0v) is 15.0. The molecule has 124 valence electrons. The fourth-order valence-corrected chi connectivity index (χ4v) is 3.26. The first kappa shape index (κ1) is 16.7. The van der Waals surface area contributed by atoms with Crippen LogP contribution in [0.1, 0.15) is 24.0 Å². The van der Waals surface area contributed by atoms with Crippen LogP contribution in [0.2, 0.25) is 0 Å². The number of halogens is 1. The fraction of sp³-hybridized carbons (Fsp3) is 0.263. The maximum atomic E-state index is 12.6. The standard InChI is InChI=1S/C19H19BrN2O2/c1-13-7-8-15(11-16(13)20)21-19(24)17-9-10-18(23)22(17)12-14-5-3-2-4-6-14/h2-8,11,17H,9-10,12H2,1H3,(H,21,24). The molecule has 3 rings (SSSR count). The number of benzene rings is 2. The summed E-state index contributed by atoms with van der Waals surface area (Å²) in [7, 11) is 0. The normalized spacial score (nSPS) is 17.2. The second kappa shape index (κ2) is 7.18. The van der Waals surface area contributed by atoms with Crippen molar-refractivity contribution in [1.82, 2.24) is 4.90 Å². The van der Waals surface area contributed by atoms with Gasteiger partial charge in [-0.15, -0.1) is 0 Å². The highest BCUT2D eigenvalue weighted by Crippen LogP contribution is 2.25. The third-order valence-electron chi connectivity index (χ3n) is 4.27. The van der Waals surface area contributed by atoms with Crippen molar-refractivity contribution in [2.75, 3.05) is 5.32 Å². The van der Waals surface area contributed by atoms with E-state index in [0.29, 0.717) is 19.4 Å². The van der Waals surface area contributed by atoms with Crippen molar-refractivity contribution >= 4 is 33.4 Å². The van der Waals surface area contributed by atoms with Crippen molar-refractivity contribution in [2.45, 2.75) is 32.4 Å². The molecule has 24 heavy (non-hydrogen) atoms. The van der Waals surface area contributed by atoms with Gasteiger partial charge >= 0.3 is 0 Å². The van der Waals surface area contributed by atoms with Gasteiger partial charge in [0, 0.05) is 23.1 Å². The first-order chi connectivity index (χ1) is 11.5. The van der Waals surface area contributed by atoms with Crippen LogP contribution >= 0.6 is 15.9 Å². The van der Waals surface area contributed by atoms with Gasteiger partial charge in [-0.05, 0) is 36.6 Å². The highest BCUT2D eigenvalue weighted by molar-refractivity contribution is 9.10. The Hall–Kier alpha value is -2.14. The number of rotatable bonds is 4. The van der Waals surface area contributed by atoms with Crippen LogP contribution in [0.3, 0.4) is 0 Å². The summed E-state index contributed by atoms with van der Waals surface area (Å²) < 4.78 is 0.948. The average Bonchev–Trinajstić information content (AvgIpc) is 2.93. The van der Waals surface area contributed by atoms with Crippen LogP contribution in [0.4, 0.5) is 5.69 Å². The zero-order chi connectivity index (χ0) is 17.1. The molecule has 5 heteroatoms. The quantitative estimate of drug-likeness (QED) is 0.866. The van der Waals surface area contributed by atoms with Gasteiger partial charge < -0.3 is 10.2 Å². The Bertz CT molecular complexity index is 761. The fourth-order valence-electron chi connectivity index (χ4n) is 2.88. The number of nitrogens with one attached hydrogen (secondary N) is 1. The molecule has 0 aliphatic carbocycles. The highest BCUT2D eigenvalue weighted by atomic mass is 79.9. The molecule has 1 atom stereocenters. The van der Waals surface area contributed by atoms with E-state index in [2.05, 4.69) is 21.2 Å². The average molecular weight is 387 g/mol. The van der Waals surface area contributed by atoms with Crippen LogP contribution in [0.25, 0.3) is 0 Å². The lowest BCUT2D eigenvalue weighted by atomic mass is 10.1. The molecule has 1 heterocycles. The zero-order valence-electron chi connectivity index (χ0n) is 13.5. The second-order valence-corrected chi connectivity index (χ2v) is 6.87. The molecule has 1 fully saturated rings. The molecule has 1 unspecified atom stereocenters. The largest absolute Gasteiger partial charge is 0.326 e. The third kappa shape index (κ3) is 3.67. The van der Waals surface area contributed by atoms with E-state index in [1.165, 1.54) is 0 Å². The first-order valence-electron chi connectivity index (χ1n) is 7.95. The molecular weight excluding hydrogens is 368 g/mol. The van der Waals surface area contributed by atoms with Crippen LogP contribution in [-0.4, -0.2) is 22.8 Å². The Labute approximate surface area is 150 Å². The number of carbonyl (C=O) groups excluding carboxylic acids is 2. The Morgan fingerprint density at radius 1 is 1.25 bits per heavy atom. The molecule has 0 bridgehead atoms. The molecule has 2 aromatic carbocycles. The summed E-state index contributed by atoms with van der Waals surface area (Å²) >= 11 is 3.47. The number of aryl methyl sites for hydroxylation is 1. The van der Waals surface area contributed by atoms with Gasteiger partial charge in [0.15, 0.2) is 0 Å². The van der Waals surface area contributed by atoms with Crippen LogP contribution in [0, 0.1) is 6.92 Å². The Balaban J connectivity index is 1.72. The van der Waals surface area contributed by atoms with Crippen molar-refractivity contribution in [2.24, 2.45) is 0 Å². The van der Waals surface area contributed by atoms with Crippen molar-refractivity contribution in [3.63, 3.8) is 0 Å². The summed E-state index contributed by atoms with van der Waals surface area (Å²) in [6.45, 7) is 2.46. The number of nitrogens with zero attached hydrogens (tertiary/aromatic N) is 1. The van der Waals surface area contributed by atoms with Gasteiger partial charge in [0.1, 0.15) is 6.04 Å². The van der Waals surface area contributed by atoms with Crippen molar-refractivity contribution in [1.29, 1.82) is 0 Å². The van der Waals surface area contributed by atoms with Gasteiger partial charge in [0.2, 0.25) is 11.8 Å². The molecule has 0 saturated carbocycles. The van der Waals surface area contributed by atoms with E-state index in [4.69, 9.17) is 0 Å². The molecule has 0 radical (unpaired) electrons. The van der Waals surface area contributed by atoms with Crippen molar-refractivity contribution < 1.29 is 9.59 Å². The minimum absolute atomic E-state index is 0.0316. The Kier molecular flexibility index (Phi) is 5.00. The van der Waals surface area contributed by atoms with E-state index in [9.17, 15) is 9.59 Å². The molecule has 0 spiro atoms. The molecule has 2 aromatic rings. The lowest BCUT2D eigenvalue weighted by molar-refractivity contribution is -0.133. The maximum Gasteiger partial charge on any atom is 0.247 e. The lowest BCUT2D eigenvalue weighted by Gasteiger charge is -2.24. The van der Waals surface area contributed by atoms with E-state index in [0.717, 1.165) is 21.3 Å². The predicted molar refractivity (Wildman–Crippen MR) is 97.5 cm³/mol. The molecule has 1 aliphatic heterocycles. The topological polar surface area (TPSA) is 49.4 Å². The number of carbonyl (C=O) groups is 2. The van der Waals surface area contributed by atoms with E-state index in [1.54, 1.807) is 4.90 Å². The number of likely N-dealkylation sites (tertiary alicyclic amines) is 1. The molecule has 0 aromatic heterocycles. The van der Waals surface area contributed by atoms with Gasteiger partial charge in [0.25, 0.3) is 0 Å². The van der Waals surface area contributed by atoms with Gasteiger partial charge in [-0.2, -0.15) is 0 Å². The minimum atomic E-state index is -0.419. The summed E-state index contributed by atoms with van der Waals surface area (Å²) in [5, 5.41) is 2.93. The molecule has 1 saturated heterocycles. The predicted octanol–water partition coefficient (Wildman–Crippen LogP) is 3.89. The van der Waals surface area contributed by atoms with E-state index in [-0.39, 0.29) is 11.8 Å². The van der Waals surface area contributed by atoms with Crippen molar-refractivity contribution in [3.05, 3.63) is 64.1 Å². The lowest BCUT2D eigenvalue weighted by Crippen LogP contribution is -2.41. The van der Waals surface area contributed by atoms with Crippen LogP contribution in [-0.2, 0) is 16.1 Å². The van der Waals surface area contributed by atoms with Crippen molar-refractivity contribution in [3.8, 4) is 0 Å². The van der Waals surface area contributed by atoms with Gasteiger partial charge in [0.05, 0.1) is 0 Å². The number of hydrogen-bond acceptors (Lipinski definition) is 2. The molecule has 4 nitrogen and oxygen atoms in total.